The topological polar surface area (TPSA) is 28.5 Å². The first-order valence-corrected chi connectivity index (χ1v) is 7.57. The van der Waals surface area contributed by atoms with Crippen LogP contribution in [0.2, 0.25) is 0 Å². The summed E-state index contributed by atoms with van der Waals surface area (Å²) >= 11 is 6.13. The molecule has 1 saturated heterocycles. The number of likely N-dealkylation sites (tertiary alicyclic amines) is 1. The standard InChI is InChI=1S/C15H22ClN3/c16-15(14-7-6-8-17-13-14)18-9-2-5-12-19-10-3-1-4-11-19/h6-8,13H,1-5,9-12H2. The molecule has 0 spiro atoms. The number of piperidine rings is 1. The maximum absolute atomic E-state index is 6.13. The molecular formula is C15H22ClN3. The highest BCUT2D eigenvalue weighted by molar-refractivity contribution is 6.69. The highest BCUT2D eigenvalue weighted by Gasteiger charge is 2.08. The van der Waals surface area contributed by atoms with Crippen molar-refractivity contribution in [1.29, 1.82) is 0 Å². The van der Waals surface area contributed by atoms with Crippen molar-refractivity contribution in [2.75, 3.05) is 26.2 Å². The van der Waals surface area contributed by atoms with Crippen LogP contribution in [0.1, 0.15) is 37.7 Å². The summed E-state index contributed by atoms with van der Waals surface area (Å²) < 4.78 is 0. The van der Waals surface area contributed by atoms with Crippen molar-refractivity contribution in [3.05, 3.63) is 30.1 Å². The number of pyridine rings is 1. The van der Waals surface area contributed by atoms with Gasteiger partial charge >= 0.3 is 0 Å². The molecule has 0 amide bonds. The lowest BCUT2D eigenvalue weighted by atomic mass is 10.1. The first-order chi connectivity index (χ1) is 9.36. The second kappa shape index (κ2) is 8.28. The number of hydrogen-bond acceptors (Lipinski definition) is 3. The minimum atomic E-state index is 0.575. The second-order valence-corrected chi connectivity index (χ2v) is 5.38. The molecule has 0 radical (unpaired) electrons. The van der Waals surface area contributed by atoms with Crippen LogP contribution in [0, 0.1) is 0 Å². The molecule has 2 heterocycles. The Morgan fingerprint density at radius 1 is 1.26 bits per heavy atom. The van der Waals surface area contributed by atoms with E-state index in [1.54, 1.807) is 12.4 Å². The number of hydrogen-bond donors (Lipinski definition) is 0. The molecule has 1 aliphatic rings. The Labute approximate surface area is 120 Å². The fourth-order valence-corrected chi connectivity index (χ4v) is 2.58. The average Bonchev–Trinajstić information content (AvgIpc) is 2.49. The van der Waals surface area contributed by atoms with Gasteiger partial charge in [0.2, 0.25) is 0 Å². The molecule has 0 unspecified atom stereocenters. The molecule has 3 nitrogen and oxygen atoms in total. The molecule has 104 valence electrons. The van der Waals surface area contributed by atoms with Gasteiger partial charge in [-0.3, -0.25) is 9.98 Å². The van der Waals surface area contributed by atoms with Crippen LogP contribution in [0.3, 0.4) is 0 Å². The molecule has 0 aromatic carbocycles. The van der Waals surface area contributed by atoms with Gasteiger partial charge in [-0.1, -0.05) is 18.0 Å². The van der Waals surface area contributed by atoms with Crippen LogP contribution < -0.4 is 0 Å². The van der Waals surface area contributed by atoms with Gasteiger partial charge in [0.25, 0.3) is 0 Å². The molecule has 0 saturated carbocycles. The molecule has 4 heteroatoms. The summed E-state index contributed by atoms with van der Waals surface area (Å²) in [4.78, 5) is 11.0. The first-order valence-electron chi connectivity index (χ1n) is 7.19. The number of unbranched alkanes of at least 4 members (excludes halogenated alkanes) is 1. The Morgan fingerprint density at radius 2 is 2.11 bits per heavy atom. The lowest BCUT2D eigenvalue weighted by Gasteiger charge is -2.26. The van der Waals surface area contributed by atoms with Gasteiger partial charge in [-0.2, -0.15) is 0 Å². The largest absolute Gasteiger partial charge is 0.303 e. The normalized spacial score (nSPS) is 17.6. The Balaban J connectivity index is 1.63. The molecule has 0 atom stereocenters. The SMILES string of the molecule is ClC(=NCCCCN1CCCCC1)c1cccnc1. The van der Waals surface area contributed by atoms with Crippen molar-refractivity contribution >= 4 is 16.8 Å². The van der Waals surface area contributed by atoms with Gasteiger partial charge in [0.05, 0.1) is 0 Å². The van der Waals surface area contributed by atoms with Crippen LogP contribution in [-0.2, 0) is 0 Å². The molecule has 2 rings (SSSR count). The Kier molecular flexibility index (Phi) is 6.31. The van der Waals surface area contributed by atoms with Gasteiger partial charge in [-0.15, -0.1) is 0 Å². The molecule has 0 N–H and O–H groups in total. The van der Waals surface area contributed by atoms with E-state index in [1.807, 2.05) is 12.1 Å². The Hall–Kier alpha value is -0.930. The Morgan fingerprint density at radius 3 is 2.84 bits per heavy atom. The molecule has 19 heavy (non-hydrogen) atoms. The molecule has 1 aliphatic heterocycles. The van der Waals surface area contributed by atoms with E-state index >= 15 is 0 Å². The van der Waals surface area contributed by atoms with E-state index in [1.165, 1.54) is 45.3 Å². The van der Waals surface area contributed by atoms with Crippen molar-refractivity contribution in [2.24, 2.45) is 4.99 Å². The van der Waals surface area contributed by atoms with Gasteiger partial charge in [0.1, 0.15) is 5.17 Å². The summed E-state index contributed by atoms with van der Waals surface area (Å²) in [6.07, 6.45) is 9.94. The minimum Gasteiger partial charge on any atom is -0.303 e. The average molecular weight is 280 g/mol. The molecule has 1 fully saturated rings. The van der Waals surface area contributed by atoms with Crippen LogP contribution in [0.15, 0.2) is 29.5 Å². The summed E-state index contributed by atoms with van der Waals surface area (Å²) in [6, 6.07) is 3.82. The third kappa shape index (κ3) is 5.29. The van der Waals surface area contributed by atoms with E-state index < -0.39 is 0 Å². The van der Waals surface area contributed by atoms with E-state index in [0.717, 1.165) is 18.5 Å². The van der Waals surface area contributed by atoms with Gasteiger partial charge in [0, 0.05) is 24.5 Å². The Bertz CT molecular complexity index is 386. The quantitative estimate of drug-likeness (QED) is 0.590. The smallest absolute Gasteiger partial charge is 0.132 e. The van der Waals surface area contributed by atoms with Crippen molar-refractivity contribution in [1.82, 2.24) is 9.88 Å². The maximum atomic E-state index is 6.13. The van der Waals surface area contributed by atoms with E-state index in [2.05, 4.69) is 14.9 Å². The van der Waals surface area contributed by atoms with Crippen LogP contribution >= 0.6 is 11.6 Å². The maximum Gasteiger partial charge on any atom is 0.132 e. The molecule has 0 aliphatic carbocycles. The summed E-state index contributed by atoms with van der Waals surface area (Å²) in [7, 11) is 0. The summed E-state index contributed by atoms with van der Waals surface area (Å²) in [5.41, 5.74) is 0.903. The second-order valence-electron chi connectivity index (χ2n) is 5.02. The predicted molar refractivity (Wildman–Crippen MR) is 81.0 cm³/mol. The van der Waals surface area contributed by atoms with Crippen LogP contribution in [0.5, 0.6) is 0 Å². The van der Waals surface area contributed by atoms with Crippen LogP contribution in [-0.4, -0.2) is 41.2 Å². The highest BCUT2D eigenvalue weighted by atomic mass is 35.5. The summed E-state index contributed by atoms with van der Waals surface area (Å²) in [6.45, 7) is 4.57. The van der Waals surface area contributed by atoms with E-state index in [-0.39, 0.29) is 0 Å². The van der Waals surface area contributed by atoms with Gasteiger partial charge in [-0.05, 0) is 57.5 Å². The summed E-state index contributed by atoms with van der Waals surface area (Å²) in [5.74, 6) is 0. The third-order valence-electron chi connectivity index (χ3n) is 3.48. The van der Waals surface area contributed by atoms with Gasteiger partial charge in [0.15, 0.2) is 0 Å². The number of halogens is 1. The third-order valence-corrected chi connectivity index (χ3v) is 3.82. The molecular weight excluding hydrogens is 258 g/mol. The fraction of sp³-hybridized carbons (Fsp3) is 0.600. The highest BCUT2D eigenvalue weighted by Crippen LogP contribution is 2.09. The van der Waals surface area contributed by atoms with E-state index in [0.29, 0.717) is 5.17 Å². The first kappa shape index (κ1) is 14.5. The fourth-order valence-electron chi connectivity index (χ4n) is 2.38. The lowest BCUT2D eigenvalue weighted by Crippen LogP contribution is -2.30. The lowest BCUT2D eigenvalue weighted by molar-refractivity contribution is 0.225. The number of nitrogens with zero attached hydrogens (tertiary/aromatic N) is 3. The molecule has 0 bridgehead atoms. The van der Waals surface area contributed by atoms with E-state index in [9.17, 15) is 0 Å². The van der Waals surface area contributed by atoms with Crippen molar-refractivity contribution in [3.8, 4) is 0 Å². The predicted octanol–water partition coefficient (Wildman–Crippen LogP) is 3.33. The van der Waals surface area contributed by atoms with Crippen LogP contribution in [0.25, 0.3) is 0 Å². The minimum absolute atomic E-state index is 0.575. The number of aliphatic imine (C=N–C) groups is 1. The summed E-state index contributed by atoms with van der Waals surface area (Å²) in [5, 5.41) is 0.575. The van der Waals surface area contributed by atoms with Crippen LogP contribution in [0.4, 0.5) is 0 Å². The van der Waals surface area contributed by atoms with E-state index in [4.69, 9.17) is 11.6 Å². The van der Waals surface area contributed by atoms with Gasteiger partial charge < -0.3 is 4.90 Å². The number of rotatable bonds is 6. The monoisotopic (exact) mass is 279 g/mol. The number of aromatic nitrogens is 1. The van der Waals surface area contributed by atoms with Crippen molar-refractivity contribution in [3.63, 3.8) is 0 Å². The zero-order chi connectivity index (χ0) is 13.3. The molecule has 1 aromatic heterocycles. The zero-order valence-corrected chi connectivity index (χ0v) is 12.1. The van der Waals surface area contributed by atoms with Crippen molar-refractivity contribution in [2.45, 2.75) is 32.1 Å². The zero-order valence-electron chi connectivity index (χ0n) is 11.4. The van der Waals surface area contributed by atoms with Crippen molar-refractivity contribution < 1.29 is 0 Å². The molecule has 1 aromatic rings. The van der Waals surface area contributed by atoms with Gasteiger partial charge in [-0.25, -0.2) is 0 Å².